The average molecular weight is 226 g/mol. The molecule has 1 heterocycles. The molecule has 1 aromatic rings. The maximum atomic E-state index is 5.67. The summed E-state index contributed by atoms with van der Waals surface area (Å²) in [5, 5.41) is 7.91. The van der Waals surface area contributed by atoms with Crippen molar-refractivity contribution in [3.8, 4) is 0 Å². The van der Waals surface area contributed by atoms with Crippen molar-refractivity contribution in [2.75, 3.05) is 11.9 Å². The van der Waals surface area contributed by atoms with E-state index in [0.717, 1.165) is 6.42 Å². The number of aromatic nitrogens is 2. The van der Waals surface area contributed by atoms with Crippen LogP contribution in [0, 0.1) is 5.92 Å². The van der Waals surface area contributed by atoms with Gasteiger partial charge >= 0.3 is 6.01 Å². The van der Waals surface area contributed by atoms with Crippen LogP contribution in [0.1, 0.15) is 46.0 Å². The third kappa shape index (κ3) is 3.20. The van der Waals surface area contributed by atoms with Gasteiger partial charge in [0.05, 0.1) is 6.04 Å². The summed E-state index contributed by atoms with van der Waals surface area (Å²) in [5.41, 5.74) is 5.67. The summed E-state index contributed by atoms with van der Waals surface area (Å²) in [6.07, 6.45) is 1.09. The first-order chi connectivity index (χ1) is 7.41. The molecule has 16 heavy (non-hydrogen) atoms. The van der Waals surface area contributed by atoms with Crippen molar-refractivity contribution in [1.29, 1.82) is 0 Å². The van der Waals surface area contributed by atoms with Gasteiger partial charge in [-0.2, -0.15) is 0 Å². The predicted octanol–water partition coefficient (Wildman–Crippen LogP) is 1.96. The van der Waals surface area contributed by atoms with Crippen LogP contribution in [0.4, 0.5) is 6.01 Å². The number of hydrogen-bond donors (Lipinski definition) is 1. The lowest BCUT2D eigenvalue weighted by Crippen LogP contribution is -2.30. The topological polar surface area (TPSA) is 68.2 Å². The average Bonchev–Trinajstić information content (AvgIpc) is 2.64. The van der Waals surface area contributed by atoms with E-state index in [2.05, 4.69) is 31.0 Å². The minimum absolute atomic E-state index is 0.213. The van der Waals surface area contributed by atoms with Crippen molar-refractivity contribution in [3.05, 3.63) is 5.89 Å². The molecular weight excluding hydrogens is 204 g/mol. The minimum atomic E-state index is -0.213. The molecule has 0 aliphatic carbocycles. The molecule has 0 spiro atoms. The van der Waals surface area contributed by atoms with Gasteiger partial charge in [0.2, 0.25) is 5.89 Å². The molecule has 0 fully saturated rings. The Hall–Kier alpha value is -1.10. The number of anilines is 1. The first-order valence-electron chi connectivity index (χ1n) is 5.73. The second-order valence-electron chi connectivity index (χ2n) is 4.80. The van der Waals surface area contributed by atoms with Crippen molar-refractivity contribution in [3.63, 3.8) is 0 Å². The van der Waals surface area contributed by atoms with Gasteiger partial charge in [-0.15, -0.1) is 5.10 Å². The van der Waals surface area contributed by atoms with E-state index in [1.165, 1.54) is 0 Å². The molecule has 0 amide bonds. The smallest absolute Gasteiger partial charge is 0.318 e. The third-order valence-corrected chi connectivity index (χ3v) is 2.59. The van der Waals surface area contributed by atoms with Crippen molar-refractivity contribution in [2.24, 2.45) is 11.7 Å². The van der Waals surface area contributed by atoms with Crippen molar-refractivity contribution < 1.29 is 4.42 Å². The zero-order valence-electron chi connectivity index (χ0n) is 10.8. The van der Waals surface area contributed by atoms with Gasteiger partial charge in [-0.3, -0.25) is 0 Å². The standard InChI is InChI=1S/C11H22N4O/c1-7(2)6-8(3)15(5)11-14-13-10(16-11)9(4)12/h7-9H,6,12H2,1-5H3. The fourth-order valence-electron chi connectivity index (χ4n) is 1.58. The van der Waals surface area contributed by atoms with Gasteiger partial charge in [0, 0.05) is 13.1 Å². The van der Waals surface area contributed by atoms with E-state index in [4.69, 9.17) is 10.2 Å². The molecule has 5 heteroatoms. The Bertz CT molecular complexity index is 322. The maximum Gasteiger partial charge on any atom is 0.318 e. The molecule has 1 aromatic heterocycles. The van der Waals surface area contributed by atoms with Gasteiger partial charge in [-0.25, -0.2) is 0 Å². The summed E-state index contributed by atoms with van der Waals surface area (Å²) in [6.45, 7) is 8.38. The van der Waals surface area contributed by atoms with Crippen LogP contribution in [0.15, 0.2) is 4.42 Å². The number of nitrogens with two attached hydrogens (primary N) is 1. The van der Waals surface area contributed by atoms with E-state index < -0.39 is 0 Å². The molecule has 2 N–H and O–H groups in total. The molecule has 0 aliphatic heterocycles. The van der Waals surface area contributed by atoms with Crippen LogP contribution in [0.25, 0.3) is 0 Å². The van der Waals surface area contributed by atoms with E-state index in [-0.39, 0.29) is 6.04 Å². The fraction of sp³-hybridized carbons (Fsp3) is 0.818. The summed E-state index contributed by atoms with van der Waals surface area (Å²) < 4.78 is 5.49. The van der Waals surface area contributed by atoms with Crippen molar-refractivity contribution in [1.82, 2.24) is 10.2 Å². The van der Waals surface area contributed by atoms with Crippen LogP contribution in [-0.2, 0) is 0 Å². The van der Waals surface area contributed by atoms with E-state index >= 15 is 0 Å². The summed E-state index contributed by atoms with van der Waals surface area (Å²) in [7, 11) is 1.96. The Kier molecular flexibility index (Phi) is 4.29. The van der Waals surface area contributed by atoms with E-state index in [9.17, 15) is 0 Å². The molecule has 0 saturated carbocycles. The van der Waals surface area contributed by atoms with Crippen LogP contribution in [0.3, 0.4) is 0 Å². The van der Waals surface area contributed by atoms with Crippen LogP contribution in [0.2, 0.25) is 0 Å². The lowest BCUT2D eigenvalue weighted by molar-refractivity contribution is 0.433. The summed E-state index contributed by atoms with van der Waals surface area (Å²) in [5.74, 6) is 1.13. The van der Waals surface area contributed by atoms with Gasteiger partial charge < -0.3 is 15.1 Å². The lowest BCUT2D eigenvalue weighted by atomic mass is 10.0. The molecule has 0 saturated heterocycles. The van der Waals surface area contributed by atoms with Crippen molar-refractivity contribution >= 4 is 6.01 Å². The lowest BCUT2D eigenvalue weighted by Gasteiger charge is -2.24. The SMILES string of the molecule is CC(C)CC(C)N(C)c1nnc(C(C)N)o1. The highest BCUT2D eigenvalue weighted by Gasteiger charge is 2.18. The summed E-state index contributed by atoms with van der Waals surface area (Å²) >= 11 is 0. The van der Waals surface area contributed by atoms with E-state index in [1.54, 1.807) is 0 Å². The molecule has 92 valence electrons. The maximum absolute atomic E-state index is 5.67. The van der Waals surface area contributed by atoms with Crippen LogP contribution in [0.5, 0.6) is 0 Å². The Morgan fingerprint density at radius 1 is 1.25 bits per heavy atom. The van der Waals surface area contributed by atoms with Crippen molar-refractivity contribution in [2.45, 2.75) is 46.2 Å². The second kappa shape index (κ2) is 5.30. The number of hydrogen-bond acceptors (Lipinski definition) is 5. The molecule has 2 atom stereocenters. The van der Waals surface area contributed by atoms with Crippen LogP contribution >= 0.6 is 0 Å². The molecular formula is C11H22N4O. The highest BCUT2D eigenvalue weighted by Crippen LogP contribution is 2.19. The molecule has 1 rings (SSSR count). The van der Waals surface area contributed by atoms with Crippen LogP contribution < -0.4 is 10.6 Å². The molecule has 0 aromatic carbocycles. The Labute approximate surface area is 97.0 Å². The highest BCUT2D eigenvalue weighted by molar-refractivity contribution is 5.24. The molecule has 5 nitrogen and oxygen atoms in total. The molecule has 0 aliphatic rings. The first-order valence-corrected chi connectivity index (χ1v) is 5.73. The zero-order chi connectivity index (χ0) is 12.3. The highest BCUT2D eigenvalue weighted by atomic mass is 16.4. The number of rotatable bonds is 5. The molecule has 2 unspecified atom stereocenters. The van der Waals surface area contributed by atoms with E-state index in [1.807, 2.05) is 18.9 Å². The predicted molar refractivity (Wildman–Crippen MR) is 64.2 cm³/mol. The van der Waals surface area contributed by atoms with Gasteiger partial charge in [0.15, 0.2) is 0 Å². The minimum Gasteiger partial charge on any atom is -0.406 e. The largest absolute Gasteiger partial charge is 0.406 e. The first kappa shape index (κ1) is 13.0. The quantitative estimate of drug-likeness (QED) is 0.831. The van der Waals surface area contributed by atoms with Crippen LogP contribution in [-0.4, -0.2) is 23.3 Å². The third-order valence-electron chi connectivity index (χ3n) is 2.59. The van der Waals surface area contributed by atoms with Gasteiger partial charge in [-0.1, -0.05) is 18.9 Å². The second-order valence-corrected chi connectivity index (χ2v) is 4.80. The Balaban J connectivity index is 2.68. The Morgan fingerprint density at radius 2 is 1.88 bits per heavy atom. The van der Waals surface area contributed by atoms with E-state index in [0.29, 0.717) is 23.9 Å². The fourth-order valence-corrected chi connectivity index (χ4v) is 1.58. The molecule has 0 radical (unpaired) electrons. The molecule has 0 bridgehead atoms. The summed E-state index contributed by atoms with van der Waals surface area (Å²) in [6, 6.07) is 0.705. The van der Waals surface area contributed by atoms with Gasteiger partial charge in [-0.05, 0) is 26.2 Å². The van der Waals surface area contributed by atoms with Gasteiger partial charge in [0.1, 0.15) is 0 Å². The Morgan fingerprint density at radius 3 is 2.31 bits per heavy atom. The normalized spacial score (nSPS) is 15.2. The van der Waals surface area contributed by atoms with Gasteiger partial charge in [0.25, 0.3) is 0 Å². The monoisotopic (exact) mass is 226 g/mol. The number of nitrogens with zero attached hydrogens (tertiary/aromatic N) is 3. The zero-order valence-corrected chi connectivity index (χ0v) is 10.8. The summed E-state index contributed by atoms with van der Waals surface area (Å²) in [4.78, 5) is 2.00.